The number of nitrogens with zero attached hydrogens (tertiary/aromatic N) is 1. The van der Waals surface area contributed by atoms with Crippen molar-refractivity contribution in [2.24, 2.45) is 12.8 Å². The van der Waals surface area contributed by atoms with Crippen LogP contribution in [0.15, 0.2) is 29.0 Å². The van der Waals surface area contributed by atoms with Crippen LogP contribution in [0.1, 0.15) is 21.0 Å². The first-order valence-electron chi connectivity index (χ1n) is 5.09. The molecule has 0 aliphatic rings. The Labute approximate surface area is 111 Å². The molecule has 6 nitrogen and oxygen atoms in total. The van der Waals surface area contributed by atoms with Crippen molar-refractivity contribution in [1.29, 1.82) is 0 Å². The first-order valence-corrected chi connectivity index (χ1v) is 5.88. The fourth-order valence-electron chi connectivity index (χ4n) is 1.58. The number of nitrogens with one attached hydrogen (secondary N) is 2. The first kappa shape index (κ1) is 12.4. The summed E-state index contributed by atoms with van der Waals surface area (Å²) in [5.41, 5.74) is 6.46. The zero-order chi connectivity index (χ0) is 13.3. The number of aromatic amines is 1. The number of carbonyl (C=O) groups is 2. The molecule has 7 heteroatoms. The summed E-state index contributed by atoms with van der Waals surface area (Å²) in [5.74, 6) is -0.831. The van der Waals surface area contributed by atoms with Crippen LogP contribution in [0.25, 0.3) is 0 Å². The molecular weight excluding hydrogens is 300 g/mol. The second-order valence-corrected chi connectivity index (χ2v) is 4.69. The maximum Gasteiger partial charge on any atom is 0.272 e. The summed E-state index contributed by atoms with van der Waals surface area (Å²) in [4.78, 5) is 25.7. The van der Waals surface area contributed by atoms with Gasteiger partial charge in [0.25, 0.3) is 11.8 Å². The zero-order valence-electron chi connectivity index (χ0n) is 9.53. The van der Waals surface area contributed by atoms with Crippen LogP contribution < -0.4 is 11.1 Å². The molecule has 2 heterocycles. The van der Waals surface area contributed by atoms with Crippen LogP contribution in [0, 0.1) is 0 Å². The smallest absolute Gasteiger partial charge is 0.272 e. The van der Waals surface area contributed by atoms with E-state index in [-0.39, 0.29) is 5.91 Å². The standard InChI is InChI=1S/C11H11BrN4O2/c1-16-5-7(3-9(16)10(13)17)15-11(18)8-2-6(12)4-14-8/h2-5,14H,1H3,(H2,13,17)(H,15,18). The monoisotopic (exact) mass is 310 g/mol. The van der Waals surface area contributed by atoms with Gasteiger partial charge in [0.2, 0.25) is 0 Å². The number of H-pyrrole nitrogens is 1. The number of halogens is 1. The number of hydrogen-bond donors (Lipinski definition) is 3. The van der Waals surface area contributed by atoms with E-state index in [1.807, 2.05) is 0 Å². The molecule has 0 aliphatic carbocycles. The Hall–Kier alpha value is -2.02. The van der Waals surface area contributed by atoms with Crippen LogP contribution >= 0.6 is 15.9 Å². The minimum absolute atomic E-state index is 0.290. The molecule has 0 radical (unpaired) electrons. The Morgan fingerprint density at radius 1 is 1.44 bits per heavy atom. The summed E-state index contributed by atoms with van der Waals surface area (Å²) in [5, 5.41) is 2.67. The number of carbonyl (C=O) groups excluding carboxylic acids is 2. The lowest BCUT2D eigenvalue weighted by atomic mass is 10.3. The molecule has 2 amide bonds. The maximum atomic E-state index is 11.8. The van der Waals surface area contributed by atoms with Gasteiger partial charge in [0.15, 0.2) is 0 Å². The lowest BCUT2D eigenvalue weighted by Crippen LogP contribution is -2.14. The molecule has 0 saturated heterocycles. The number of primary amides is 1. The van der Waals surface area contributed by atoms with Crippen molar-refractivity contribution in [1.82, 2.24) is 9.55 Å². The van der Waals surface area contributed by atoms with E-state index in [0.717, 1.165) is 4.47 Å². The van der Waals surface area contributed by atoms with Crippen molar-refractivity contribution in [2.75, 3.05) is 5.32 Å². The molecule has 0 aromatic carbocycles. The van der Waals surface area contributed by atoms with E-state index in [2.05, 4.69) is 26.2 Å². The molecule has 0 fully saturated rings. The average Bonchev–Trinajstić information content (AvgIpc) is 2.85. The Bertz CT molecular complexity index is 614. The number of amides is 2. The number of hydrogen-bond acceptors (Lipinski definition) is 2. The normalized spacial score (nSPS) is 10.3. The van der Waals surface area contributed by atoms with E-state index in [1.54, 1.807) is 30.1 Å². The molecule has 94 valence electrons. The zero-order valence-corrected chi connectivity index (χ0v) is 11.1. The highest BCUT2D eigenvalue weighted by atomic mass is 79.9. The number of anilines is 1. The van der Waals surface area contributed by atoms with Gasteiger partial charge >= 0.3 is 0 Å². The lowest BCUT2D eigenvalue weighted by Gasteiger charge is -1.99. The molecule has 0 aliphatic heterocycles. The van der Waals surface area contributed by atoms with Gasteiger partial charge in [0, 0.05) is 23.9 Å². The van der Waals surface area contributed by atoms with E-state index in [0.29, 0.717) is 17.1 Å². The summed E-state index contributed by atoms with van der Waals surface area (Å²) < 4.78 is 2.35. The quantitative estimate of drug-likeness (QED) is 0.800. The van der Waals surface area contributed by atoms with Gasteiger partial charge in [-0.05, 0) is 28.1 Å². The summed E-state index contributed by atoms with van der Waals surface area (Å²) in [6, 6.07) is 3.19. The Morgan fingerprint density at radius 3 is 2.67 bits per heavy atom. The van der Waals surface area contributed by atoms with Gasteiger partial charge in [-0.25, -0.2) is 0 Å². The third-order valence-electron chi connectivity index (χ3n) is 2.41. The van der Waals surface area contributed by atoms with Gasteiger partial charge in [0.05, 0.1) is 5.69 Å². The van der Waals surface area contributed by atoms with Crippen LogP contribution in [0.2, 0.25) is 0 Å². The van der Waals surface area contributed by atoms with Crippen molar-refractivity contribution in [2.45, 2.75) is 0 Å². The maximum absolute atomic E-state index is 11.8. The predicted octanol–water partition coefficient (Wildman–Crippen LogP) is 1.47. The SMILES string of the molecule is Cn1cc(NC(=O)c2cc(Br)c[nH]2)cc1C(N)=O. The number of rotatable bonds is 3. The van der Waals surface area contributed by atoms with Crippen LogP contribution in [0.5, 0.6) is 0 Å². The molecule has 0 saturated carbocycles. The highest BCUT2D eigenvalue weighted by molar-refractivity contribution is 9.10. The van der Waals surface area contributed by atoms with Crippen molar-refractivity contribution < 1.29 is 9.59 Å². The van der Waals surface area contributed by atoms with E-state index in [4.69, 9.17) is 5.73 Å². The van der Waals surface area contributed by atoms with Gasteiger partial charge < -0.3 is 20.6 Å². The van der Waals surface area contributed by atoms with Gasteiger partial charge in [-0.2, -0.15) is 0 Å². The molecule has 0 spiro atoms. The number of nitrogens with two attached hydrogens (primary N) is 1. The lowest BCUT2D eigenvalue weighted by molar-refractivity contribution is 0.0989. The van der Waals surface area contributed by atoms with Crippen LogP contribution in [0.4, 0.5) is 5.69 Å². The van der Waals surface area contributed by atoms with Crippen molar-refractivity contribution in [3.63, 3.8) is 0 Å². The number of aryl methyl sites for hydroxylation is 1. The van der Waals surface area contributed by atoms with Gasteiger partial charge in [-0.15, -0.1) is 0 Å². The highest BCUT2D eigenvalue weighted by Gasteiger charge is 2.12. The van der Waals surface area contributed by atoms with E-state index >= 15 is 0 Å². The topological polar surface area (TPSA) is 92.9 Å². The van der Waals surface area contributed by atoms with Gasteiger partial charge in [-0.3, -0.25) is 9.59 Å². The predicted molar refractivity (Wildman–Crippen MR) is 70.4 cm³/mol. The van der Waals surface area contributed by atoms with E-state index < -0.39 is 5.91 Å². The van der Waals surface area contributed by atoms with Crippen molar-refractivity contribution in [3.05, 3.63) is 40.4 Å². The fourth-order valence-corrected chi connectivity index (χ4v) is 1.92. The van der Waals surface area contributed by atoms with Crippen LogP contribution in [-0.2, 0) is 7.05 Å². The minimum Gasteiger partial charge on any atom is -0.364 e. The highest BCUT2D eigenvalue weighted by Crippen LogP contribution is 2.15. The Morgan fingerprint density at radius 2 is 2.17 bits per heavy atom. The molecule has 0 bridgehead atoms. The van der Waals surface area contributed by atoms with E-state index in [1.165, 1.54) is 6.07 Å². The second kappa shape index (κ2) is 4.69. The molecular formula is C11H11BrN4O2. The van der Waals surface area contributed by atoms with Crippen LogP contribution in [-0.4, -0.2) is 21.4 Å². The van der Waals surface area contributed by atoms with Gasteiger partial charge in [-0.1, -0.05) is 0 Å². The molecule has 0 atom stereocenters. The molecule has 2 rings (SSSR count). The first-order chi connectivity index (χ1) is 8.47. The van der Waals surface area contributed by atoms with Crippen molar-refractivity contribution >= 4 is 33.4 Å². The molecule has 2 aromatic rings. The summed E-state index contributed by atoms with van der Waals surface area (Å²) in [7, 11) is 1.68. The molecule has 2 aromatic heterocycles. The second-order valence-electron chi connectivity index (χ2n) is 3.77. The minimum atomic E-state index is -0.541. The summed E-state index contributed by atoms with van der Waals surface area (Å²) >= 11 is 3.24. The molecule has 18 heavy (non-hydrogen) atoms. The van der Waals surface area contributed by atoms with Crippen molar-refractivity contribution in [3.8, 4) is 0 Å². The molecule has 0 unspecified atom stereocenters. The Kier molecular flexibility index (Phi) is 3.24. The van der Waals surface area contributed by atoms with Gasteiger partial charge in [0.1, 0.15) is 11.4 Å². The van der Waals surface area contributed by atoms with Crippen LogP contribution in [0.3, 0.4) is 0 Å². The van der Waals surface area contributed by atoms with E-state index in [9.17, 15) is 9.59 Å². The fraction of sp³-hybridized carbons (Fsp3) is 0.0909. The number of aromatic nitrogens is 2. The third-order valence-corrected chi connectivity index (χ3v) is 2.87. The Balaban J connectivity index is 2.17. The molecule has 4 N–H and O–H groups in total. The third kappa shape index (κ3) is 2.45. The summed E-state index contributed by atoms with van der Waals surface area (Å²) in [6.07, 6.45) is 3.28. The average molecular weight is 311 g/mol. The summed E-state index contributed by atoms with van der Waals surface area (Å²) in [6.45, 7) is 0. The largest absolute Gasteiger partial charge is 0.364 e.